The smallest absolute Gasteiger partial charge is 0.167 e. The van der Waals surface area contributed by atoms with Crippen LogP contribution in [0.5, 0.6) is 0 Å². The standard InChI is InChI=1S/C23H26FN5O3/c24-16-9-5-4-6-14(16)10-11-17-19(30)20(31)23(32-17)29-13-27-18-21(25-12-26-22(18)29)28-15-7-2-1-3-8-15/h4-6,9-13,15,17,19-20,23,30-31H,1-3,7-8H2,(H,25,26,28)/t17-,19-,20-,23-/m1/s1. The van der Waals surface area contributed by atoms with E-state index in [4.69, 9.17) is 4.74 Å². The van der Waals surface area contributed by atoms with Crippen molar-refractivity contribution in [2.24, 2.45) is 0 Å². The highest BCUT2D eigenvalue weighted by atomic mass is 19.1. The summed E-state index contributed by atoms with van der Waals surface area (Å²) in [5.74, 6) is 0.285. The van der Waals surface area contributed by atoms with Crippen molar-refractivity contribution >= 4 is 23.1 Å². The molecule has 3 heterocycles. The van der Waals surface area contributed by atoms with E-state index >= 15 is 0 Å². The Morgan fingerprint density at radius 3 is 2.69 bits per heavy atom. The van der Waals surface area contributed by atoms with Gasteiger partial charge in [-0.25, -0.2) is 19.3 Å². The van der Waals surface area contributed by atoms with Crippen LogP contribution in [0.2, 0.25) is 0 Å². The third-order valence-electron chi connectivity index (χ3n) is 6.22. The van der Waals surface area contributed by atoms with E-state index in [9.17, 15) is 14.6 Å². The molecule has 32 heavy (non-hydrogen) atoms. The third-order valence-corrected chi connectivity index (χ3v) is 6.22. The Balaban J connectivity index is 1.38. The maximum absolute atomic E-state index is 13.9. The second-order valence-corrected chi connectivity index (χ2v) is 8.38. The van der Waals surface area contributed by atoms with Gasteiger partial charge in [0.2, 0.25) is 0 Å². The van der Waals surface area contributed by atoms with Gasteiger partial charge in [-0.2, -0.15) is 0 Å². The molecule has 1 aliphatic carbocycles. The van der Waals surface area contributed by atoms with Crippen molar-refractivity contribution in [1.82, 2.24) is 19.5 Å². The molecule has 0 radical (unpaired) electrons. The van der Waals surface area contributed by atoms with Gasteiger partial charge >= 0.3 is 0 Å². The maximum Gasteiger partial charge on any atom is 0.167 e. The lowest BCUT2D eigenvalue weighted by atomic mass is 9.95. The average Bonchev–Trinajstić information content (AvgIpc) is 3.36. The number of fused-ring (bicyclic) bond motifs is 1. The Morgan fingerprint density at radius 1 is 1.06 bits per heavy atom. The minimum atomic E-state index is -1.20. The highest BCUT2D eigenvalue weighted by Crippen LogP contribution is 2.33. The fourth-order valence-corrected chi connectivity index (χ4v) is 4.47. The van der Waals surface area contributed by atoms with E-state index in [1.54, 1.807) is 34.9 Å². The zero-order chi connectivity index (χ0) is 22.1. The van der Waals surface area contributed by atoms with Gasteiger partial charge < -0.3 is 20.3 Å². The number of rotatable bonds is 5. The second kappa shape index (κ2) is 8.93. The average molecular weight is 439 g/mol. The Hall–Kier alpha value is -2.88. The predicted octanol–water partition coefficient (Wildman–Crippen LogP) is 3.04. The van der Waals surface area contributed by atoms with Gasteiger partial charge in [0, 0.05) is 11.6 Å². The quantitative estimate of drug-likeness (QED) is 0.561. The first-order chi connectivity index (χ1) is 15.6. The number of hydrogen-bond donors (Lipinski definition) is 3. The Labute approximate surface area is 184 Å². The van der Waals surface area contributed by atoms with Crippen molar-refractivity contribution in [3.05, 3.63) is 54.4 Å². The lowest BCUT2D eigenvalue weighted by Crippen LogP contribution is -2.30. The highest BCUT2D eigenvalue weighted by Gasteiger charge is 2.43. The van der Waals surface area contributed by atoms with E-state index in [1.807, 2.05) is 0 Å². The van der Waals surface area contributed by atoms with Gasteiger partial charge in [0.05, 0.1) is 6.33 Å². The molecule has 0 amide bonds. The van der Waals surface area contributed by atoms with E-state index in [-0.39, 0.29) is 5.82 Å². The molecule has 168 valence electrons. The van der Waals surface area contributed by atoms with Crippen LogP contribution in [-0.4, -0.2) is 54.1 Å². The molecule has 1 aromatic carbocycles. The maximum atomic E-state index is 13.9. The number of imidazole rings is 1. The number of anilines is 1. The summed E-state index contributed by atoms with van der Waals surface area (Å²) < 4.78 is 21.4. The lowest BCUT2D eigenvalue weighted by molar-refractivity contribution is -0.0243. The van der Waals surface area contributed by atoms with E-state index in [2.05, 4.69) is 20.3 Å². The lowest BCUT2D eigenvalue weighted by Gasteiger charge is -2.23. The molecule has 1 saturated carbocycles. The Morgan fingerprint density at radius 2 is 1.88 bits per heavy atom. The SMILES string of the molecule is O[C@@H]1[C@H](O)[C@@H](C=Cc2ccccc2F)O[C@H]1n1cnc2c(NC3CCCCC3)ncnc21. The summed E-state index contributed by atoms with van der Waals surface area (Å²) in [6.07, 6.45) is 7.86. The van der Waals surface area contributed by atoms with Gasteiger partial charge in [0.25, 0.3) is 0 Å². The zero-order valence-corrected chi connectivity index (χ0v) is 17.5. The van der Waals surface area contributed by atoms with Crippen molar-refractivity contribution < 1.29 is 19.3 Å². The van der Waals surface area contributed by atoms with Crippen molar-refractivity contribution in [2.45, 2.75) is 62.7 Å². The van der Waals surface area contributed by atoms with E-state index in [0.29, 0.717) is 28.6 Å². The van der Waals surface area contributed by atoms with Crippen molar-refractivity contribution in [2.75, 3.05) is 5.32 Å². The number of ether oxygens (including phenoxy) is 1. The highest BCUT2D eigenvalue weighted by molar-refractivity contribution is 5.82. The van der Waals surface area contributed by atoms with Crippen molar-refractivity contribution in [1.29, 1.82) is 0 Å². The molecule has 9 heteroatoms. The molecule has 5 rings (SSSR count). The molecule has 3 N–H and O–H groups in total. The van der Waals surface area contributed by atoms with Crippen LogP contribution in [0.25, 0.3) is 17.2 Å². The predicted molar refractivity (Wildman–Crippen MR) is 117 cm³/mol. The Bertz CT molecular complexity index is 1110. The van der Waals surface area contributed by atoms with Crippen LogP contribution in [0.15, 0.2) is 43.0 Å². The molecule has 0 spiro atoms. The first-order valence-electron chi connectivity index (χ1n) is 11.0. The summed E-state index contributed by atoms with van der Waals surface area (Å²) in [6.45, 7) is 0. The number of benzene rings is 1. The number of aromatic nitrogens is 4. The summed E-state index contributed by atoms with van der Waals surface area (Å²) in [5.41, 5.74) is 1.47. The van der Waals surface area contributed by atoms with Crippen LogP contribution in [0.1, 0.15) is 43.9 Å². The first kappa shape index (κ1) is 21.0. The first-order valence-corrected chi connectivity index (χ1v) is 11.0. The zero-order valence-electron chi connectivity index (χ0n) is 17.5. The van der Waals surface area contributed by atoms with Crippen molar-refractivity contribution in [3.8, 4) is 0 Å². The summed E-state index contributed by atoms with van der Waals surface area (Å²) in [7, 11) is 0. The minimum Gasteiger partial charge on any atom is -0.387 e. The number of hydrogen-bond acceptors (Lipinski definition) is 7. The summed E-state index contributed by atoms with van der Waals surface area (Å²) in [6, 6.07) is 6.68. The summed E-state index contributed by atoms with van der Waals surface area (Å²) in [5, 5.41) is 24.6. The number of halogens is 1. The number of nitrogens with one attached hydrogen (secondary N) is 1. The molecule has 4 atom stereocenters. The van der Waals surface area contributed by atoms with Gasteiger partial charge in [-0.05, 0) is 18.9 Å². The largest absolute Gasteiger partial charge is 0.387 e. The summed E-state index contributed by atoms with van der Waals surface area (Å²) >= 11 is 0. The molecular weight excluding hydrogens is 413 g/mol. The van der Waals surface area contributed by atoms with E-state index in [0.717, 1.165) is 12.8 Å². The summed E-state index contributed by atoms with van der Waals surface area (Å²) in [4.78, 5) is 13.2. The molecule has 1 saturated heterocycles. The van der Waals surface area contributed by atoms with Crippen LogP contribution < -0.4 is 5.32 Å². The molecule has 2 aromatic heterocycles. The fourth-order valence-electron chi connectivity index (χ4n) is 4.47. The molecular formula is C23H26FN5O3. The van der Waals surface area contributed by atoms with Crippen LogP contribution >= 0.6 is 0 Å². The molecule has 2 aliphatic rings. The molecule has 8 nitrogen and oxygen atoms in total. The van der Waals surface area contributed by atoms with E-state index < -0.39 is 24.5 Å². The van der Waals surface area contributed by atoms with Gasteiger partial charge in [0.15, 0.2) is 23.2 Å². The second-order valence-electron chi connectivity index (χ2n) is 8.38. The third kappa shape index (κ3) is 3.99. The molecule has 1 aliphatic heterocycles. The minimum absolute atomic E-state index is 0.357. The molecule has 0 bridgehead atoms. The van der Waals surface area contributed by atoms with Crippen molar-refractivity contribution in [3.63, 3.8) is 0 Å². The molecule has 0 unspecified atom stereocenters. The van der Waals surface area contributed by atoms with E-state index in [1.165, 1.54) is 38.0 Å². The van der Waals surface area contributed by atoms with Crippen LogP contribution in [-0.2, 0) is 4.74 Å². The van der Waals surface area contributed by atoms with Crippen LogP contribution in [0.4, 0.5) is 10.2 Å². The van der Waals surface area contributed by atoms with Crippen LogP contribution in [0, 0.1) is 5.82 Å². The monoisotopic (exact) mass is 439 g/mol. The molecule has 3 aromatic rings. The van der Waals surface area contributed by atoms with Gasteiger partial charge in [0.1, 0.15) is 30.5 Å². The van der Waals surface area contributed by atoms with Gasteiger partial charge in [-0.1, -0.05) is 49.6 Å². The molecule has 2 fully saturated rings. The fraction of sp³-hybridized carbons (Fsp3) is 0.435. The normalized spacial score (nSPS) is 26.8. The van der Waals surface area contributed by atoms with Crippen LogP contribution in [0.3, 0.4) is 0 Å². The van der Waals surface area contributed by atoms with Gasteiger partial charge in [-0.3, -0.25) is 4.57 Å². The number of aliphatic hydroxyl groups excluding tert-OH is 2. The number of aliphatic hydroxyl groups is 2. The Kier molecular flexibility index (Phi) is 5.86. The topological polar surface area (TPSA) is 105 Å². The van der Waals surface area contributed by atoms with Gasteiger partial charge in [-0.15, -0.1) is 0 Å². The number of nitrogens with zero attached hydrogens (tertiary/aromatic N) is 4.